The van der Waals surface area contributed by atoms with Gasteiger partial charge in [0.15, 0.2) is 0 Å². The molecule has 2 atom stereocenters. The van der Waals surface area contributed by atoms with Gasteiger partial charge in [-0.05, 0) is 130 Å². The molecule has 2 aromatic heterocycles. The Kier molecular flexibility index (Phi) is 24.9. The van der Waals surface area contributed by atoms with Gasteiger partial charge >= 0.3 is 51.6 Å². The topological polar surface area (TPSA) is 118 Å². The average molecular weight is 989 g/mol. The maximum atomic E-state index is 13.8. The zero-order valence-corrected chi connectivity index (χ0v) is 48.6. The zero-order chi connectivity index (χ0) is 49.2. The van der Waals surface area contributed by atoms with Crippen molar-refractivity contribution in [1.29, 1.82) is 0 Å². The maximum absolute atomic E-state index is 13.8. The van der Waals surface area contributed by atoms with Gasteiger partial charge in [-0.25, -0.2) is 5.32 Å². The van der Waals surface area contributed by atoms with Crippen molar-refractivity contribution in [3.8, 4) is 11.5 Å². The van der Waals surface area contributed by atoms with Crippen LogP contribution in [-0.2, 0) is 59.1 Å². The summed E-state index contributed by atoms with van der Waals surface area (Å²) in [5, 5.41) is 37.6. The molecule has 0 saturated carbocycles. The summed E-state index contributed by atoms with van der Waals surface area (Å²) in [6, 6.07) is 21.1. The van der Waals surface area contributed by atoms with E-state index in [4.69, 9.17) is 15.4 Å². The number of ether oxygens (including phenoxy) is 1. The second-order valence-corrected chi connectivity index (χ2v) is 23.1. The van der Waals surface area contributed by atoms with E-state index >= 15 is 0 Å². The molecule has 0 bridgehead atoms. The van der Waals surface area contributed by atoms with Gasteiger partial charge < -0.3 is 35.1 Å². The van der Waals surface area contributed by atoms with Gasteiger partial charge in [0.25, 0.3) is 0 Å². The molecule has 11 heteroatoms. The molecular weight excluding hydrogens is 901 g/mol. The number of hydrogen-bond donors (Lipinski definition) is 1. The van der Waals surface area contributed by atoms with Crippen molar-refractivity contribution in [3.63, 3.8) is 0 Å². The molecule has 2 N–H and O–H groups in total. The fourth-order valence-electron chi connectivity index (χ4n) is 8.43. The summed E-state index contributed by atoms with van der Waals surface area (Å²) in [6.45, 7) is 45.3. The van der Waals surface area contributed by atoms with Gasteiger partial charge in [-0.1, -0.05) is 155 Å². The number of aromatic amines is 1. The summed E-state index contributed by atoms with van der Waals surface area (Å²) in [5.74, 6) is 1.65. The van der Waals surface area contributed by atoms with Crippen LogP contribution in [0.1, 0.15) is 197 Å². The van der Waals surface area contributed by atoms with Crippen molar-refractivity contribution in [1.82, 2.24) is 9.88 Å². The van der Waals surface area contributed by atoms with Crippen molar-refractivity contribution < 1.29 is 76.4 Å². The third kappa shape index (κ3) is 18.3. The van der Waals surface area contributed by atoms with E-state index in [0.717, 1.165) is 41.3 Å². The van der Waals surface area contributed by atoms with E-state index < -0.39 is 0 Å². The Bertz CT molecular complexity index is 1880. The Hall–Kier alpha value is -2.48. The molecule has 1 aliphatic rings. The first-order valence-corrected chi connectivity index (χ1v) is 24.2. The minimum absolute atomic E-state index is 0. The number of H-pyrrole nitrogens is 1. The molecule has 0 amide bonds. The van der Waals surface area contributed by atoms with Crippen LogP contribution in [0.25, 0.3) is 10.6 Å². The van der Waals surface area contributed by atoms with Crippen LogP contribution in [0.15, 0.2) is 73.1 Å². The summed E-state index contributed by atoms with van der Waals surface area (Å²) < 4.78 is 4.94. The van der Waals surface area contributed by atoms with Crippen LogP contribution in [-0.4, -0.2) is 47.3 Å². The molecule has 9 nitrogen and oxygen atoms in total. The Balaban J connectivity index is 0.000000588. The van der Waals surface area contributed by atoms with Gasteiger partial charge in [0.2, 0.25) is 0 Å². The summed E-state index contributed by atoms with van der Waals surface area (Å²) in [6.07, 6.45) is 5.51. The summed E-state index contributed by atoms with van der Waals surface area (Å²) >= 11 is 0. The first-order chi connectivity index (χ1) is 30.0. The van der Waals surface area contributed by atoms with Crippen molar-refractivity contribution in [3.05, 3.63) is 117 Å². The second kappa shape index (κ2) is 26.7. The van der Waals surface area contributed by atoms with E-state index in [1.54, 1.807) is 6.20 Å². The van der Waals surface area contributed by atoms with Gasteiger partial charge in [-0.15, -0.1) is 0 Å². The SMILES string of the molecule is C1CCOC1.CC(C)N(C(C)C)[C@H]([N-]c1cccc[nH+]1)c1cc(C(C)(C)C)cc(C(C)(C)C)c1[O-].CC(C)[NH+](C(C)C)[C@H]([N-]c1ccccn1)c1cc(C(C)(C)C)cc(C(C)(C)C)c1[O-].[Li+].[Y+3]. The molecule has 5 rings (SSSR count). The Morgan fingerprint density at radius 1 is 0.627 bits per heavy atom. The fourth-order valence-corrected chi connectivity index (χ4v) is 8.43. The molecule has 4 aromatic rings. The molecule has 67 heavy (non-hydrogen) atoms. The summed E-state index contributed by atoms with van der Waals surface area (Å²) in [7, 11) is 0. The molecule has 2 aromatic carbocycles. The Labute approximate surface area is 445 Å². The number of rotatable bonds is 12. The predicted octanol–water partition coefficient (Wildman–Crippen LogP) is 8.95. The van der Waals surface area contributed by atoms with Crippen molar-refractivity contribution in [2.24, 2.45) is 0 Å². The third-order valence-corrected chi connectivity index (χ3v) is 12.0. The molecule has 3 heterocycles. The van der Waals surface area contributed by atoms with Gasteiger partial charge in [0.1, 0.15) is 18.1 Å². The average Bonchev–Trinajstić information content (AvgIpc) is 3.77. The zero-order valence-electron chi connectivity index (χ0n) is 45.8. The molecule has 1 saturated heterocycles. The van der Waals surface area contributed by atoms with E-state index in [-0.39, 0.29) is 109 Å². The van der Waals surface area contributed by atoms with Gasteiger partial charge in [0.05, 0.1) is 12.1 Å². The molecule has 0 radical (unpaired) electrons. The van der Waals surface area contributed by atoms with Crippen LogP contribution in [0, 0.1) is 0 Å². The van der Waals surface area contributed by atoms with E-state index in [1.807, 2.05) is 42.6 Å². The van der Waals surface area contributed by atoms with Gasteiger partial charge in [-0.2, -0.15) is 0 Å². The minimum atomic E-state index is -0.362. The van der Waals surface area contributed by atoms with E-state index in [9.17, 15) is 10.2 Å². The number of benzene rings is 2. The number of nitrogens with one attached hydrogen (secondary N) is 2. The van der Waals surface area contributed by atoms with Crippen LogP contribution >= 0.6 is 0 Å². The minimum Gasteiger partial charge on any atom is -0.872 e. The number of nitrogens with zero attached hydrogens (tertiary/aromatic N) is 4. The molecular formula is C56H88LiN6O3Y+2. The first kappa shape index (κ1) is 62.5. The van der Waals surface area contributed by atoms with Gasteiger partial charge in [0, 0.05) is 37.1 Å². The number of hydrogen-bond acceptors (Lipinski definition) is 5. The summed E-state index contributed by atoms with van der Waals surface area (Å²) in [5.41, 5.74) is 4.99. The van der Waals surface area contributed by atoms with Crippen molar-refractivity contribution in [2.75, 3.05) is 13.2 Å². The standard InChI is InChI=1S/2C26H40N3O.C4H8O.Li.Y/c2*1-17(2)29(18(3)4)24(28-22-13-11-12-14-27-22)20-15-19(25(5,6)7)16-21(23(20)30)26(8,9)10;1-2-4-5-3-1;;/h2*11-18,24H,1-10H3,(H-,27,28,30);1-4H2;;/q2*-1;;+1;+3/t2*24-;;;/m00.../s1. The van der Waals surface area contributed by atoms with Gasteiger partial charge in [-0.3, -0.25) is 4.90 Å². The van der Waals surface area contributed by atoms with Crippen molar-refractivity contribution >= 4 is 11.6 Å². The van der Waals surface area contributed by atoms with Crippen molar-refractivity contribution in [2.45, 2.75) is 209 Å². The molecule has 0 aliphatic carbocycles. The van der Waals surface area contributed by atoms with E-state index in [0.29, 0.717) is 17.9 Å². The maximum Gasteiger partial charge on any atom is 3.00 e. The fraction of sp³-hybridized carbons (Fsp3) is 0.607. The van der Waals surface area contributed by atoms with Crippen LogP contribution in [0.5, 0.6) is 11.5 Å². The molecule has 362 valence electrons. The molecule has 0 unspecified atom stereocenters. The van der Waals surface area contributed by atoms with Crippen LogP contribution < -0.4 is 39.0 Å². The van der Waals surface area contributed by atoms with Crippen LogP contribution in [0.4, 0.5) is 11.6 Å². The smallest absolute Gasteiger partial charge is 0.872 e. The van der Waals surface area contributed by atoms with Crippen LogP contribution in [0.2, 0.25) is 0 Å². The normalized spacial score (nSPS) is 14.2. The largest absolute Gasteiger partial charge is 3.00 e. The summed E-state index contributed by atoms with van der Waals surface area (Å²) in [4.78, 5) is 11.2. The van der Waals surface area contributed by atoms with E-state index in [1.165, 1.54) is 28.9 Å². The molecule has 1 aliphatic heterocycles. The second-order valence-electron chi connectivity index (χ2n) is 23.1. The number of aromatic nitrogens is 2. The first-order valence-electron chi connectivity index (χ1n) is 24.2. The Morgan fingerprint density at radius 3 is 1.45 bits per heavy atom. The van der Waals surface area contributed by atoms with Crippen LogP contribution in [0.3, 0.4) is 0 Å². The quantitative estimate of drug-likeness (QED) is 0.142. The monoisotopic (exact) mass is 989 g/mol. The number of pyridine rings is 2. The third-order valence-electron chi connectivity index (χ3n) is 12.0. The van der Waals surface area contributed by atoms with E-state index in [2.05, 4.69) is 178 Å². The molecule has 1 fully saturated rings. The number of quaternary nitrogens is 1. The Morgan fingerprint density at radius 2 is 1.09 bits per heavy atom. The molecule has 0 spiro atoms. The predicted molar refractivity (Wildman–Crippen MR) is 269 cm³/mol.